The van der Waals surface area contributed by atoms with Crippen molar-refractivity contribution >= 4 is 28.9 Å². The molecule has 0 bridgehead atoms. The fraction of sp³-hybridized carbons (Fsp3) is 0.429. The van der Waals surface area contributed by atoms with Gasteiger partial charge in [0.05, 0.1) is 13.2 Å². The first kappa shape index (κ1) is 18.1. The predicted molar refractivity (Wildman–Crippen MR) is 108 cm³/mol. The first-order valence-electron chi connectivity index (χ1n) is 9.29. The van der Waals surface area contributed by atoms with Crippen LogP contribution in [-0.2, 0) is 24.2 Å². The van der Waals surface area contributed by atoms with Crippen LogP contribution in [0.15, 0.2) is 36.4 Å². The lowest BCUT2D eigenvalue weighted by Gasteiger charge is -2.30. The molecule has 2 aliphatic heterocycles. The summed E-state index contributed by atoms with van der Waals surface area (Å²) >= 11 is 12.3. The van der Waals surface area contributed by atoms with Crippen molar-refractivity contribution in [2.24, 2.45) is 0 Å². The Morgan fingerprint density at radius 1 is 0.885 bits per heavy atom. The van der Waals surface area contributed by atoms with Crippen LogP contribution in [0.3, 0.4) is 0 Å². The smallest absolute Gasteiger partial charge is 0.0642 e. The van der Waals surface area contributed by atoms with E-state index in [-0.39, 0.29) is 0 Å². The van der Waals surface area contributed by atoms with E-state index in [2.05, 4.69) is 28.0 Å². The predicted octanol–water partition coefficient (Wildman–Crippen LogP) is 4.78. The van der Waals surface area contributed by atoms with Gasteiger partial charge in [0.2, 0.25) is 0 Å². The van der Waals surface area contributed by atoms with Crippen LogP contribution in [0.5, 0.6) is 0 Å². The zero-order valence-corrected chi connectivity index (χ0v) is 16.4. The van der Waals surface area contributed by atoms with E-state index in [0.717, 1.165) is 52.4 Å². The zero-order valence-electron chi connectivity index (χ0n) is 14.9. The summed E-state index contributed by atoms with van der Waals surface area (Å²) in [5.41, 5.74) is 5.42. The molecule has 1 saturated heterocycles. The average molecular weight is 391 g/mol. The normalized spacial score (nSPS) is 18.5. The van der Waals surface area contributed by atoms with E-state index < -0.39 is 0 Å². The van der Waals surface area contributed by atoms with Crippen LogP contribution in [-0.4, -0.2) is 37.7 Å². The molecule has 2 aliphatic rings. The molecule has 3 nitrogen and oxygen atoms in total. The molecule has 0 aromatic heterocycles. The van der Waals surface area contributed by atoms with E-state index in [9.17, 15) is 0 Å². The Morgan fingerprint density at radius 2 is 1.65 bits per heavy atom. The summed E-state index contributed by atoms with van der Waals surface area (Å²) in [4.78, 5) is 4.92. The van der Waals surface area contributed by atoms with Crippen molar-refractivity contribution in [2.45, 2.75) is 25.9 Å². The van der Waals surface area contributed by atoms with Gasteiger partial charge in [-0.25, -0.2) is 0 Å². The third-order valence-corrected chi connectivity index (χ3v) is 5.65. The highest BCUT2D eigenvalue weighted by Gasteiger charge is 2.18. The van der Waals surface area contributed by atoms with E-state index in [1.807, 2.05) is 12.1 Å². The number of anilines is 1. The maximum Gasteiger partial charge on any atom is 0.0642 e. The van der Waals surface area contributed by atoms with Crippen LogP contribution in [0.1, 0.15) is 23.1 Å². The molecule has 0 amide bonds. The number of benzene rings is 2. The van der Waals surface area contributed by atoms with Gasteiger partial charge >= 0.3 is 0 Å². The second-order valence-corrected chi connectivity index (χ2v) is 8.02. The van der Waals surface area contributed by atoms with Crippen molar-refractivity contribution in [3.63, 3.8) is 0 Å². The summed E-state index contributed by atoms with van der Waals surface area (Å²) in [7, 11) is 0. The van der Waals surface area contributed by atoms with Crippen LogP contribution in [0.4, 0.5) is 5.69 Å². The maximum absolute atomic E-state index is 6.17. The molecule has 0 atom stereocenters. The first-order valence-corrected chi connectivity index (χ1v) is 10.0. The number of ether oxygens (including phenoxy) is 1. The minimum atomic E-state index is 0.706. The summed E-state index contributed by atoms with van der Waals surface area (Å²) in [6.45, 7) is 6.52. The van der Waals surface area contributed by atoms with E-state index >= 15 is 0 Å². The van der Waals surface area contributed by atoms with Gasteiger partial charge in [-0.15, -0.1) is 0 Å². The standard InChI is InChI=1S/C21H24Cl2N2O/c22-19-10-16(11-20(23)13-19)14-24-5-1-2-17-3-4-21(12-18(17)15-24)25-6-8-26-9-7-25/h3-4,10-13H,1-2,5-9,14-15H2. The molecule has 2 aromatic carbocycles. The van der Waals surface area contributed by atoms with Gasteiger partial charge in [0.1, 0.15) is 0 Å². The molecule has 138 valence electrons. The highest BCUT2D eigenvalue weighted by Crippen LogP contribution is 2.27. The maximum atomic E-state index is 6.17. The molecule has 0 saturated carbocycles. The number of nitrogens with zero attached hydrogens (tertiary/aromatic N) is 2. The van der Waals surface area contributed by atoms with Gasteiger partial charge in [-0.1, -0.05) is 29.3 Å². The zero-order chi connectivity index (χ0) is 17.9. The third kappa shape index (κ3) is 4.34. The van der Waals surface area contributed by atoms with Crippen LogP contribution in [0, 0.1) is 0 Å². The average Bonchev–Trinajstić information content (AvgIpc) is 2.82. The number of fused-ring (bicyclic) bond motifs is 1. The molecule has 1 fully saturated rings. The Kier molecular flexibility index (Phi) is 5.70. The number of rotatable bonds is 3. The van der Waals surface area contributed by atoms with Gasteiger partial charge in [-0.05, 0) is 66.4 Å². The number of hydrogen-bond donors (Lipinski definition) is 0. The highest BCUT2D eigenvalue weighted by molar-refractivity contribution is 6.34. The Hall–Kier alpha value is -1.26. The lowest BCUT2D eigenvalue weighted by molar-refractivity contribution is 0.122. The van der Waals surface area contributed by atoms with Gasteiger partial charge in [-0.3, -0.25) is 4.90 Å². The first-order chi connectivity index (χ1) is 12.7. The van der Waals surface area contributed by atoms with Crippen LogP contribution in [0.25, 0.3) is 0 Å². The summed E-state index contributed by atoms with van der Waals surface area (Å²) in [5.74, 6) is 0. The Morgan fingerprint density at radius 3 is 2.42 bits per heavy atom. The van der Waals surface area contributed by atoms with Gasteiger partial charge in [0.25, 0.3) is 0 Å². The van der Waals surface area contributed by atoms with E-state index in [1.165, 1.54) is 28.8 Å². The minimum absolute atomic E-state index is 0.706. The fourth-order valence-electron chi connectivity index (χ4n) is 3.93. The Labute approximate surface area is 165 Å². The molecular weight excluding hydrogens is 367 g/mol. The van der Waals surface area contributed by atoms with Crippen molar-refractivity contribution in [3.05, 3.63) is 63.1 Å². The van der Waals surface area contributed by atoms with Crippen LogP contribution < -0.4 is 4.90 Å². The van der Waals surface area contributed by atoms with Crippen molar-refractivity contribution in [1.82, 2.24) is 4.90 Å². The lowest BCUT2D eigenvalue weighted by Crippen LogP contribution is -2.36. The van der Waals surface area contributed by atoms with Crippen molar-refractivity contribution in [1.29, 1.82) is 0 Å². The molecule has 0 N–H and O–H groups in total. The summed E-state index contributed by atoms with van der Waals surface area (Å²) in [6, 6.07) is 12.8. The van der Waals surface area contributed by atoms with E-state index in [1.54, 1.807) is 6.07 Å². The highest BCUT2D eigenvalue weighted by atomic mass is 35.5. The van der Waals surface area contributed by atoms with E-state index in [4.69, 9.17) is 27.9 Å². The molecule has 2 heterocycles. The second kappa shape index (κ2) is 8.18. The molecule has 4 rings (SSSR count). The lowest BCUT2D eigenvalue weighted by atomic mass is 10.0. The number of aryl methyl sites for hydroxylation is 1. The molecule has 0 unspecified atom stereocenters. The van der Waals surface area contributed by atoms with Gasteiger partial charge < -0.3 is 9.64 Å². The number of hydrogen-bond acceptors (Lipinski definition) is 3. The second-order valence-electron chi connectivity index (χ2n) is 7.14. The van der Waals surface area contributed by atoms with Crippen molar-refractivity contribution < 1.29 is 4.74 Å². The summed E-state index contributed by atoms with van der Waals surface area (Å²) in [6.07, 6.45) is 2.32. The van der Waals surface area contributed by atoms with E-state index in [0.29, 0.717) is 10.0 Å². The number of morpholine rings is 1. The number of halogens is 2. The largest absolute Gasteiger partial charge is 0.378 e. The molecular formula is C21H24Cl2N2O. The van der Waals surface area contributed by atoms with Crippen LogP contribution in [0.2, 0.25) is 10.0 Å². The van der Waals surface area contributed by atoms with Crippen molar-refractivity contribution in [3.8, 4) is 0 Å². The molecule has 2 aromatic rings. The molecule has 0 aliphatic carbocycles. The molecule has 0 spiro atoms. The Bertz CT molecular complexity index is 754. The molecule has 5 heteroatoms. The third-order valence-electron chi connectivity index (χ3n) is 5.21. The Balaban J connectivity index is 1.52. The monoisotopic (exact) mass is 390 g/mol. The quantitative estimate of drug-likeness (QED) is 0.749. The summed E-state index contributed by atoms with van der Waals surface area (Å²) < 4.78 is 5.49. The molecule has 26 heavy (non-hydrogen) atoms. The summed E-state index contributed by atoms with van der Waals surface area (Å²) in [5, 5.41) is 1.41. The fourth-order valence-corrected chi connectivity index (χ4v) is 4.50. The van der Waals surface area contributed by atoms with Gasteiger partial charge in [0.15, 0.2) is 0 Å². The molecule has 0 radical (unpaired) electrons. The van der Waals surface area contributed by atoms with Gasteiger partial charge in [-0.2, -0.15) is 0 Å². The van der Waals surface area contributed by atoms with Gasteiger partial charge in [0, 0.05) is 41.9 Å². The van der Waals surface area contributed by atoms with Crippen molar-refractivity contribution in [2.75, 3.05) is 37.7 Å². The SMILES string of the molecule is Clc1cc(Cl)cc(CN2CCCc3ccc(N4CCOCC4)cc3C2)c1. The minimum Gasteiger partial charge on any atom is -0.378 e. The topological polar surface area (TPSA) is 15.7 Å². The van der Waals surface area contributed by atoms with Crippen LogP contribution >= 0.6 is 23.2 Å².